The first-order valence-corrected chi connectivity index (χ1v) is 10.2. The second kappa shape index (κ2) is 9.97. The average Bonchev–Trinajstić information content (AvgIpc) is 2.76. The van der Waals surface area contributed by atoms with Crippen LogP contribution in [0.25, 0.3) is 0 Å². The van der Waals surface area contributed by atoms with E-state index in [9.17, 15) is 14.4 Å². The van der Waals surface area contributed by atoms with Gasteiger partial charge in [0, 0.05) is 16.0 Å². The molecule has 0 bridgehead atoms. The van der Waals surface area contributed by atoms with Crippen molar-refractivity contribution < 1.29 is 19.1 Å². The Bertz CT molecular complexity index is 1090. The molecule has 1 heterocycles. The summed E-state index contributed by atoms with van der Waals surface area (Å²) in [7, 11) is 0. The Hall–Kier alpha value is -3.27. The van der Waals surface area contributed by atoms with Crippen molar-refractivity contribution in [2.45, 2.75) is 6.92 Å². The third kappa shape index (κ3) is 5.20. The Labute approximate surface area is 187 Å². The van der Waals surface area contributed by atoms with Crippen molar-refractivity contribution in [3.05, 3.63) is 87.3 Å². The minimum Gasteiger partial charge on any atom is -0.462 e. The van der Waals surface area contributed by atoms with Crippen molar-refractivity contribution in [3.8, 4) is 0 Å². The minimum absolute atomic E-state index is 0.225. The number of carbonyl (C=O) groups excluding carboxylic acids is 3. The molecule has 7 nitrogen and oxygen atoms in total. The summed E-state index contributed by atoms with van der Waals surface area (Å²) >= 11 is 2.08. The Morgan fingerprint density at radius 3 is 2.40 bits per heavy atom. The Morgan fingerprint density at radius 2 is 1.67 bits per heavy atom. The molecule has 2 aromatic carbocycles. The summed E-state index contributed by atoms with van der Waals surface area (Å²) in [5, 5.41) is 5.48. The molecule has 3 aromatic rings. The molecule has 0 radical (unpaired) electrons. The second-order valence-corrected chi connectivity index (χ2v) is 7.35. The van der Waals surface area contributed by atoms with Crippen LogP contribution in [-0.4, -0.2) is 29.4 Å². The van der Waals surface area contributed by atoms with Gasteiger partial charge < -0.3 is 15.4 Å². The number of nitrogens with one attached hydrogen (secondary N) is 2. The topological polar surface area (TPSA) is 97.4 Å². The molecular weight excluding hydrogens is 497 g/mol. The van der Waals surface area contributed by atoms with Crippen molar-refractivity contribution in [2.24, 2.45) is 0 Å². The summed E-state index contributed by atoms with van der Waals surface area (Å²) in [4.78, 5) is 41.6. The van der Waals surface area contributed by atoms with Gasteiger partial charge in [0.05, 0.1) is 34.7 Å². The zero-order valence-electron chi connectivity index (χ0n) is 16.0. The monoisotopic (exact) mass is 515 g/mol. The number of halogens is 1. The van der Waals surface area contributed by atoms with Crippen LogP contribution < -0.4 is 10.6 Å². The van der Waals surface area contributed by atoms with E-state index in [0.717, 1.165) is 3.57 Å². The number of benzene rings is 2. The lowest BCUT2D eigenvalue weighted by Crippen LogP contribution is -2.20. The number of hydrogen-bond donors (Lipinski definition) is 2. The lowest BCUT2D eigenvalue weighted by atomic mass is 10.1. The molecule has 0 saturated heterocycles. The SMILES string of the molecule is CCOC(=O)c1ccccc1NC(=O)c1cc(I)ccc1NC(=O)c1cccnc1. The highest BCUT2D eigenvalue weighted by Gasteiger charge is 2.18. The Balaban J connectivity index is 1.88. The molecule has 0 unspecified atom stereocenters. The van der Waals surface area contributed by atoms with Crippen molar-refractivity contribution in [1.29, 1.82) is 0 Å². The van der Waals surface area contributed by atoms with Gasteiger partial charge in [0.1, 0.15) is 0 Å². The van der Waals surface area contributed by atoms with E-state index in [1.807, 2.05) is 0 Å². The van der Waals surface area contributed by atoms with Gasteiger partial charge in [-0.15, -0.1) is 0 Å². The van der Waals surface area contributed by atoms with Crippen LogP contribution in [0.2, 0.25) is 0 Å². The maximum Gasteiger partial charge on any atom is 0.340 e. The van der Waals surface area contributed by atoms with Gasteiger partial charge in [-0.3, -0.25) is 14.6 Å². The molecule has 0 aliphatic carbocycles. The molecule has 2 N–H and O–H groups in total. The van der Waals surface area contributed by atoms with Crippen molar-refractivity contribution >= 4 is 51.7 Å². The van der Waals surface area contributed by atoms with Gasteiger partial charge in [-0.1, -0.05) is 12.1 Å². The van der Waals surface area contributed by atoms with Crippen LogP contribution in [0.3, 0.4) is 0 Å². The third-order valence-corrected chi connectivity index (χ3v) is 4.74. The van der Waals surface area contributed by atoms with E-state index in [1.165, 1.54) is 6.20 Å². The van der Waals surface area contributed by atoms with Crippen LogP contribution in [0.5, 0.6) is 0 Å². The number of amides is 2. The lowest BCUT2D eigenvalue weighted by molar-refractivity contribution is 0.0527. The van der Waals surface area contributed by atoms with Gasteiger partial charge in [0.2, 0.25) is 0 Å². The van der Waals surface area contributed by atoms with Crippen LogP contribution in [0.4, 0.5) is 11.4 Å². The largest absolute Gasteiger partial charge is 0.462 e. The molecule has 1 aromatic heterocycles. The third-order valence-electron chi connectivity index (χ3n) is 4.07. The fourth-order valence-corrected chi connectivity index (χ4v) is 3.16. The maximum atomic E-state index is 13.0. The summed E-state index contributed by atoms with van der Waals surface area (Å²) in [6, 6.07) is 15.0. The first-order valence-electron chi connectivity index (χ1n) is 9.08. The molecule has 0 fully saturated rings. The standard InChI is InChI=1S/C22H18IN3O4/c1-2-30-22(29)16-7-3-4-8-18(16)26-21(28)17-12-15(23)9-10-19(17)25-20(27)14-6-5-11-24-13-14/h3-13H,2H2,1H3,(H,25,27)(H,26,28). The van der Waals surface area contributed by atoms with Gasteiger partial charge in [-0.25, -0.2) is 4.79 Å². The van der Waals surface area contributed by atoms with Crippen LogP contribution in [0.15, 0.2) is 67.0 Å². The maximum absolute atomic E-state index is 13.0. The smallest absolute Gasteiger partial charge is 0.340 e. The summed E-state index contributed by atoms with van der Waals surface area (Å²) in [5.41, 5.74) is 1.55. The molecule has 30 heavy (non-hydrogen) atoms. The Kier molecular flexibility index (Phi) is 7.12. The first-order chi connectivity index (χ1) is 14.5. The van der Waals surface area contributed by atoms with Gasteiger partial charge in [-0.05, 0) is 72.0 Å². The molecule has 2 amide bonds. The van der Waals surface area contributed by atoms with Crippen LogP contribution in [0, 0.1) is 3.57 Å². The van der Waals surface area contributed by atoms with Gasteiger partial charge in [0.15, 0.2) is 0 Å². The number of esters is 1. The fraction of sp³-hybridized carbons (Fsp3) is 0.0909. The number of nitrogens with zero attached hydrogens (tertiary/aromatic N) is 1. The zero-order chi connectivity index (χ0) is 21.5. The molecule has 0 saturated carbocycles. The summed E-state index contributed by atoms with van der Waals surface area (Å²) in [6.45, 7) is 1.94. The number of aromatic nitrogens is 1. The molecule has 8 heteroatoms. The summed E-state index contributed by atoms with van der Waals surface area (Å²) in [6.07, 6.45) is 3.01. The van der Waals surface area contributed by atoms with E-state index in [-0.39, 0.29) is 23.6 Å². The fourth-order valence-electron chi connectivity index (χ4n) is 2.67. The predicted octanol–water partition coefficient (Wildman–Crippen LogP) is 4.37. The molecule has 3 rings (SSSR count). The zero-order valence-corrected chi connectivity index (χ0v) is 18.2. The highest BCUT2D eigenvalue weighted by molar-refractivity contribution is 14.1. The Morgan fingerprint density at radius 1 is 0.933 bits per heavy atom. The number of pyridine rings is 1. The molecule has 0 atom stereocenters. The van der Waals surface area contributed by atoms with E-state index < -0.39 is 11.9 Å². The molecular formula is C22H18IN3O4. The first kappa shape index (κ1) is 21.4. The van der Waals surface area contributed by atoms with Gasteiger partial charge in [-0.2, -0.15) is 0 Å². The van der Waals surface area contributed by atoms with Gasteiger partial charge in [0.25, 0.3) is 11.8 Å². The number of hydrogen-bond acceptors (Lipinski definition) is 5. The average molecular weight is 515 g/mol. The van der Waals surface area contributed by atoms with E-state index in [2.05, 4.69) is 38.2 Å². The lowest BCUT2D eigenvalue weighted by Gasteiger charge is -2.14. The summed E-state index contributed by atoms with van der Waals surface area (Å²) < 4.78 is 5.86. The van der Waals surface area contributed by atoms with Crippen molar-refractivity contribution in [1.82, 2.24) is 4.98 Å². The minimum atomic E-state index is -0.527. The molecule has 0 aliphatic rings. The van der Waals surface area contributed by atoms with E-state index in [0.29, 0.717) is 16.9 Å². The van der Waals surface area contributed by atoms with E-state index in [1.54, 1.807) is 67.7 Å². The molecule has 0 aliphatic heterocycles. The number of para-hydroxylation sites is 1. The van der Waals surface area contributed by atoms with Crippen LogP contribution in [-0.2, 0) is 4.74 Å². The molecule has 152 valence electrons. The second-order valence-electron chi connectivity index (χ2n) is 6.11. The van der Waals surface area contributed by atoms with Crippen LogP contribution in [0.1, 0.15) is 38.0 Å². The number of ether oxygens (including phenoxy) is 1. The number of carbonyl (C=O) groups is 3. The highest BCUT2D eigenvalue weighted by atomic mass is 127. The predicted molar refractivity (Wildman–Crippen MR) is 122 cm³/mol. The van der Waals surface area contributed by atoms with E-state index in [4.69, 9.17) is 4.74 Å². The summed E-state index contributed by atoms with van der Waals surface area (Å²) in [5.74, 6) is -1.38. The van der Waals surface area contributed by atoms with Gasteiger partial charge >= 0.3 is 5.97 Å². The van der Waals surface area contributed by atoms with Crippen molar-refractivity contribution in [2.75, 3.05) is 17.2 Å². The van der Waals surface area contributed by atoms with E-state index >= 15 is 0 Å². The number of anilines is 2. The quantitative estimate of drug-likeness (QED) is 0.376. The highest BCUT2D eigenvalue weighted by Crippen LogP contribution is 2.23. The van der Waals surface area contributed by atoms with Crippen LogP contribution >= 0.6 is 22.6 Å². The number of rotatable bonds is 6. The van der Waals surface area contributed by atoms with Crippen molar-refractivity contribution in [3.63, 3.8) is 0 Å². The normalized spacial score (nSPS) is 10.2. The molecule has 0 spiro atoms.